The highest BCUT2D eigenvalue weighted by Gasteiger charge is 2.30. The number of rotatable bonds is 5. The highest BCUT2D eigenvalue weighted by atomic mass is 19.1. The maximum Gasteiger partial charge on any atom is 0.341 e. The van der Waals surface area contributed by atoms with Crippen molar-refractivity contribution in [3.63, 3.8) is 0 Å². The first kappa shape index (κ1) is 17.5. The van der Waals surface area contributed by atoms with E-state index in [1.807, 2.05) is 0 Å². The van der Waals surface area contributed by atoms with Crippen molar-refractivity contribution in [3.8, 4) is 0 Å². The van der Waals surface area contributed by atoms with Gasteiger partial charge in [0.15, 0.2) is 0 Å². The second kappa shape index (κ2) is 7.58. The fourth-order valence-electron chi connectivity index (χ4n) is 2.24. The lowest BCUT2D eigenvalue weighted by atomic mass is 10.0. The van der Waals surface area contributed by atoms with E-state index in [0.717, 1.165) is 6.07 Å². The SMILES string of the molecule is CCOC(=O)C1=C(COC(=O)c2ccccc2F)NC(=O)N[C@H]1C. The average molecular weight is 336 g/mol. The van der Waals surface area contributed by atoms with Crippen molar-refractivity contribution in [2.24, 2.45) is 0 Å². The number of ether oxygens (including phenoxy) is 2. The number of nitrogens with one attached hydrogen (secondary N) is 2. The standard InChI is InChI=1S/C16H17FN2O5/c1-3-23-15(21)13-9(2)18-16(22)19-12(13)8-24-14(20)10-6-4-5-7-11(10)17/h4-7,9H,3,8H2,1-2H3,(H2,18,19,22)/t9-/m0/s1. The second-order valence-corrected chi connectivity index (χ2v) is 4.99. The zero-order valence-corrected chi connectivity index (χ0v) is 13.2. The van der Waals surface area contributed by atoms with E-state index >= 15 is 0 Å². The predicted molar refractivity (Wildman–Crippen MR) is 81.5 cm³/mol. The smallest absolute Gasteiger partial charge is 0.341 e. The molecule has 1 aromatic carbocycles. The Hall–Kier alpha value is -2.90. The molecule has 24 heavy (non-hydrogen) atoms. The molecule has 0 unspecified atom stereocenters. The number of hydrogen-bond donors (Lipinski definition) is 2. The molecule has 2 rings (SSSR count). The zero-order valence-electron chi connectivity index (χ0n) is 13.2. The fraction of sp³-hybridized carbons (Fsp3) is 0.312. The van der Waals surface area contributed by atoms with Gasteiger partial charge in [0.2, 0.25) is 0 Å². The highest BCUT2D eigenvalue weighted by Crippen LogP contribution is 2.16. The Kier molecular flexibility index (Phi) is 5.51. The van der Waals surface area contributed by atoms with Crippen LogP contribution in [0.25, 0.3) is 0 Å². The van der Waals surface area contributed by atoms with Crippen LogP contribution in [-0.2, 0) is 14.3 Å². The van der Waals surface area contributed by atoms with Gasteiger partial charge in [-0.2, -0.15) is 0 Å². The minimum Gasteiger partial charge on any atom is -0.463 e. The second-order valence-electron chi connectivity index (χ2n) is 4.99. The van der Waals surface area contributed by atoms with Crippen LogP contribution in [0.4, 0.5) is 9.18 Å². The molecular weight excluding hydrogens is 319 g/mol. The summed E-state index contributed by atoms with van der Waals surface area (Å²) < 4.78 is 23.5. The van der Waals surface area contributed by atoms with Crippen LogP contribution in [0.3, 0.4) is 0 Å². The third kappa shape index (κ3) is 3.89. The van der Waals surface area contributed by atoms with E-state index in [1.54, 1.807) is 13.8 Å². The van der Waals surface area contributed by atoms with Gasteiger partial charge in [-0.05, 0) is 26.0 Å². The molecule has 0 radical (unpaired) electrons. The van der Waals surface area contributed by atoms with Crippen LogP contribution in [0.5, 0.6) is 0 Å². The molecule has 0 spiro atoms. The monoisotopic (exact) mass is 336 g/mol. The molecule has 1 aliphatic rings. The normalized spacial score (nSPS) is 17.0. The Bertz CT molecular complexity index is 701. The fourth-order valence-corrected chi connectivity index (χ4v) is 2.24. The van der Waals surface area contributed by atoms with Crippen molar-refractivity contribution < 1.29 is 28.2 Å². The first-order valence-electron chi connectivity index (χ1n) is 7.33. The van der Waals surface area contributed by atoms with E-state index < -0.39 is 29.8 Å². The molecule has 2 N–H and O–H groups in total. The molecule has 1 aromatic rings. The number of benzene rings is 1. The van der Waals surface area contributed by atoms with Gasteiger partial charge < -0.3 is 20.1 Å². The number of esters is 2. The summed E-state index contributed by atoms with van der Waals surface area (Å²) in [6.07, 6.45) is 0. The van der Waals surface area contributed by atoms with Gasteiger partial charge >= 0.3 is 18.0 Å². The number of halogens is 1. The van der Waals surface area contributed by atoms with Crippen molar-refractivity contribution in [2.75, 3.05) is 13.2 Å². The molecule has 0 aromatic heterocycles. The lowest BCUT2D eigenvalue weighted by molar-refractivity contribution is -0.139. The zero-order chi connectivity index (χ0) is 17.7. The summed E-state index contributed by atoms with van der Waals surface area (Å²) in [5.74, 6) is -2.25. The van der Waals surface area contributed by atoms with Gasteiger partial charge in [-0.1, -0.05) is 12.1 Å². The third-order valence-electron chi connectivity index (χ3n) is 3.31. The Balaban J connectivity index is 2.19. The lowest BCUT2D eigenvalue weighted by Gasteiger charge is -2.26. The van der Waals surface area contributed by atoms with Gasteiger partial charge in [-0.3, -0.25) is 0 Å². The number of hydrogen-bond acceptors (Lipinski definition) is 5. The van der Waals surface area contributed by atoms with Crippen LogP contribution in [-0.4, -0.2) is 37.2 Å². The Morgan fingerprint density at radius 3 is 2.58 bits per heavy atom. The number of carbonyl (C=O) groups excluding carboxylic acids is 3. The topological polar surface area (TPSA) is 93.7 Å². The summed E-state index contributed by atoms with van der Waals surface area (Å²) in [4.78, 5) is 35.5. The molecule has 1 aliphatic heterocycles. The minimum absolute atomic E-state index is 0.106. The Morgan fingerprint density at radius 1 is 1.21 bits per heavy atom. The van der Waals surface area contributed by atoms with Crippen molar-refractivity contribution in [2.45, 2.75) is 19.9 Å². The van der Waals surface area contributed by atoms with Gasteiger partial charge in [-0.15, -0.1) is 0 Å². The molecular formula is C16H17FN2O5. The summed E-state index contributed by atoms with van der Waals surface area (Å²) >= 11 is 0. The number of carbonyl (C=O) groups is 3. The van der Waals surface area contributed by atoms with Crippen LogP contribution in [0.15, 0.2) is 35.5 Å². The van der Waals surface area contributed by atoms with Crippen LogP contribution in [0, 0.1) is 5.82 Å². The molecule has 0 fully saturated rings. The molecule has 0 bridgehead atoms. The van der Waals surface area contributed by atoms with Crippen molar-refractivity contribution in [1.29, 1.82) is 0 Å². The van der Waals surface area contributed by atoms with E-state index in [-0.39, 0.29) is 30.0 Å². The van der Waals surface area contributed by atoms with Gasteiger partial charge in [0.25, 0.3) is 0 Å². The van der Waals surface area contributed by atoms with Crippen molar-refractivity contribution in [3.05, 3.63) is 46.9 Å². The quantitative estimate of drug-likeness (QED) is 0.795. The summed E-state index contributed by atoms with van der Waals surface area (Å²) in [5, 5.41) is 4.93. The maximum atomic E-state index is 13.6. The van der Waals surface area contributed by atoms with E-state index in [1.165, 1.54) is 18.2 Å². The molecule has 1 heterocycles. The summed E-state index contributed by atoms with van der Waals surface area (Å²) in [5.41, 5.74) is 0.0243. The molecule has 128 valence electrons. The molecule has 8 heteroatoms. The summed E-state index contributed by atoms with van der Waals surface area (Å²) in [6, 6.07) is 4.21. The van der Waals surface area contributed by atoms with Crippen LogP contribution >= 0.6 is 0 Å². The highest BCUT2D eigenvalue weighted by molar-refractivity contribution is 5.95. The third-order valence-corrected chi connectivity index (χ3v) is 3.31. The maximum absolute atomic E-state index is 13.6. The molecule has 0 saturated carbocycles. The van der Waals surface area contributed by atoms with Gasteiger partial charge in [0, 0.05) is 0 Å². The molecule has 0 saturated heterocycles. The Labute approximate surface area is 137 Å². The largest absolute Gasteiger partial charge is 0.463 e. The minimum atomic E-state index is -0.899. The molecule has 1 atom stereocenters. The lowest BCUT2D eigenvalue weighted by Crippen LogP contribution is -2.50. The first-order chi connectivity index (χ1) is 11.4. The van der Waals surface area contributed by atoms with Gasteiger partial charge in [-0.25, -0.2) is 18.8 Å². The van der Waals surface area contributed by atoms with Crippen LogP contribution in [0.2, 0.25) is 0 Å². The Morgan fingerprint density at radius 2 is 1.92 bits per heavy atom. The van der Waals surface area contributed by atoms with E-state index in [0.29, 0.717) is 0 Å². The average Bonchev–Trinajstić information content (AvgIpc) is 2.52. The van der Waals surface area contributed by atoms with E-state index in [9.17, 15) is 18.8 Å². The summed E-state index contributed by atoms with van der Waals surface area (Å²) in [6.45, 7) is 3.02. The molecule has 2 amide bonds. The van der Waals surface area contributed by atoms with E-state index in [2.05, 4.69) is 10.6 Å². The molecule has 0 aliphatic carbocycles. The van der Waals surface area contributed by atoms with Crippen LogP contribution in [0.1, 0.15) is 24.2 Å². The predicted octanol–water partition coefficient (Wildman–Crippen LogP) is 1.50. The number of amides is 2. The molecule has 7 nitrogen and oxygen atoms in total. The van der Waals surface area contributed by atoms with Gasteiger partial charge in [0.1, 0.15) is 12.4 Å². The van der Waals surface area contributed by atoms with Crippen molar-refractivity contribution >= 4 is 18.0 Å². The summed E-state index contributed by atoms with van der Waals surface area (Å²) in [7, 11) is 0. The van der Waals surface area contributed by atoms with Crippen molar-refractivity contribution in [1.82, 2.24) is 10.6 Å². The van der Waals surface area contributed by atoms with E-state index in [4.69, 9.17) is 9.47 Å². The van der Waals surface area contributed by atoms with Gasteiger partial charge in [0.05, 0.1) is 29.5 Å². The van der Waals surface area contributed by atoms with Crippen LogP contribution < -0.4 is 10.6 Å². The number of urea groups is 1. The first-order valence-corrected chi connectivity index (χ1v) is 7.33.